The van der Waals surface area contributed by atoms with Gasteiger partial charge in [-0.05, 0) is 47.2 Å². The number of carbonyl (C=O) groups excluding carboxylic acids is 1. The zero-order valence-corrected chi connectivity index (χ0v) is 21.9. The minimum atomic E-state index is -0.955. The fourth-order valence-electron chi connectivity index (χ4n) is 4.87. The summed E-state index contributed by atoms with van der Waals surface area (Å²) in [5.74, 6) is 1.47. The zero-order chi connectivity index (χ0) is 26.3. The summed E-state index contributed by atoms with van der Waals surface area (Å²) in [7, 11) is 3.17. The number of allylic oxidation sites excluding steroid dienone is 2. The van der Waals surface area contributed by atoms with E-state index in [9.17, 15) is 9.59 Å². The van der Waals surface area contributed by atoms with E-state index < -0.39 is 12.0 Å². The molecule has 1 aliphatic carbocycles. The monoisotopic (exact) mass is 520 g/mol. The maximum atomic E-state index is 13.4. The Morgan fingerprint density at radius 1 is 1.14 bits per heavy atom. The molecule has 2 aromatic carbocycles. The summed E-state index contributed by atoms with van der Waals surface area (Å²) < 4.78 is 12.7. The Kier molecular flexibility index (Phi) is 6.45. The van der Waals surface area contributed by atoms with Crippen molar-refractivity contribution < 1.29 is 24.2 Å². The first-order valence-electron chi connectivity index (χ1n) is 11.9. The summed E-state index contributed by atoms with van der Waals surface area (Å²) >= 11 is 1.45. The number of nitrogens with one attached hydrogen (secondary N) is 1. The molecule has 0 spiro atoms. The lowest BCUT2D eigenvalue weighted by molar-refractivity contribution is -0.118. The van der Waals surface area contributed by atoms with Crippen molar-refractivity contribution >= 4 is 29.5 Å². The number of ether oxygens (including phenoxy) is 2. The molecule has 1 aliphatic heterocycles. The van der Waals surface area contributed by atoms with Gasteiger partial charge in [-0.15, -0.1) is 5.10 Å². The number of nitrogens with zero attached hydrogens (tertiary/aromatic N) is 3. The van der Waals surface area contributed by atoms with E-state index in [1.54, 1.807) is 43.2 Å². The number of benzene rings is 2. The van der Waals surface area contributed by atoms with Crippen molar-refractivity contribution in [1.29, 1.82) is 0 Å². The van der Waals surface area contributed by atoms with Crippen molar-refractivity contribution in [1.82, 2.24) is 14.8 Å². The van der Waals surface area contributed by atoms with Crippen molar-refractivity contribution in [3.8, 4) is 11.5 Å². The molecule has 3 aromatic rings. The lowest BCUT2D eigenvalue weighted by atomic mass is 9.73. The first-order valence-corrected chi connectivity index (χ1v) is 12.8. The van der Waals surface area contributed by atoms with E-state index in [0.29, 0.717) is 40.4 Å². The summed E-state index contributed by atoms with van der Waals surface area (Å²) in [5, 5.41) is 17.8. The van der Waals surface area contributed by atoms with Gasteiger partial charge >= 0.3 is 5.97 Å². The molecule has 0 fully saturated rings. The van der Waals surface area contributed by atoms with Crippen LogP contribution < -0.4 is 14.8 Å². The zero-order valence-electron chi connectivity index (χ0n) is 21.1. The Balaban J connectivity index is 1.51. The SMILES string of the molecule is COc1ccc([C@@H]2C3=C(CC(C)(C)CC3=O)Nc3nc(SCc4ccc(C(=O)O)cc4)nn32)cc1OC. The number of carboxylic acids is 1. The first kappa shape index (κ1) is 24.9. The molecule has 2 heterocycles. The summed E-state index contributed by atoms with van der Waals surface area (Å²) in [5.41, 5.74) is 3.47. The molecule has 1 aromatic heterocycles. The molecule has 0 saturated carbocycles. The number of ketones is 1. The fraction of sp³-hybridized carbons (Fsp3) is 0.333. The molecule has 0 unspecified atom stereocenters. The lowest BCUT2D eigenvalue weighted by Crippen LogP contribution is -2.36. The van der Waals surface area contributed by atoms with E-state index in [1.165, 1.54) is 11.8 Å². The smallest absolute Gasteiger partial charge is 0.335 e. The average Bonchev–Trinajstić information content (AvgIpc) is 3.27. The highest BCUT2D eigenvalue weighted by molar-refractivity contribution is 7.98. The Hall–Kier alpha value is -3.79. The van der Waals surface area contributed by atoms with Crippen molar-refractivity contribution in [3.63, 3.8) is 0 Å². The summed E-state index contributed by atoms with van der Waals surface area (Å²) in [6.07, 6.45) is 1.18. The van der Waals surface area contributed by atoms with Gasteiger partial charge in [0.15, 0.2) is 17.3 Å². The van der Waals surface area contributed by atoms with Crippen LogP contribution in [0.4, 0.5) is 5.95 Å². The molecule has 9 nitrogen and oxygen atoms in total. The number of anilines is 1. The van der Waals surface area contributed by atoms with E-state index in [4.69, 9.17) is 24.7 Å². The van der Waals surface area contributed by atoms with E-state index in [0.717, 1.165) is 23.2 Å². The van der Waals surface area contributed by atoms with E-state index in [2.05, 4.69) is 19.2 Å². The van der Waals surface area contributed by atoms with E-state index in [-0.39, 0.29) is 16.8 Å². The molecule has 2 aliphatic rings. The third kappa shape index (κ3) is 4.81. The van der Waals surface area contributed by atoms with Gasteiger partial charge in [0.1, 0.15) is 6.04 Å². The van der Waals surface area contributed by atoms with Gasteiger partial charge in [0, 0.05) is 23.4 Å². The maximum absolute atomic E-state index is 13.4. The number of aromatic carboxylic acids is 1. The quantitative estimate of drug-likeness (QED) is 0.418. The molecule has 1 atom stereocenters. The third-order valence-corrected chi connectivity index (χ3v) is 7.51. The van der Waals surface area contributed by atoms with Crippen LogP contribution in [-0.4, -0.2) is 45.8 Å². The van der Waals surface area contributed by atoms with Crippen LogP contribution in [0, 0.1) is 5.41 Å². The van der Waals surface area contributed by atoms with Gasteiger partial charge < -0.3 is 19.9 Å². The van der Waals surface area contributed by atoms with Crippen molar-refractivity contribution in [2.75, 3.05) is 19.5 Å². The van der Waals surface area contributed by atoms with Gasteiger partial charge in [-0.3, -0.25) is 4.79 Å². The number of carbonyl (C=O) groups is 2. The van der Waals surface area contributed by atoms with Crippen LogP contribution in [0.1, 0.15) is 54.2 Å². The lowest BCUT2D eigenvalue weighted by Gasteiger charge is -2.38. The number of thioether (sulfide) groups is 1. The molecular formula is C27H28N4O5S. The van der Waals surface area contributed by atoms with Crippen LogP contribution >= 0.6 is 11.8 Å². The van der Waals surface area contributed by atoms with Crippen LogP contribution in [0.15, 0.2) is 58.9 Å². The van der Waals surface area contributed by atoms with Crippen LogP contribution in [0.3, 0.4) is 0 Å². The van der Waals surface area contributed by atoms with Gasteiger partial charge in [-0.2, -0.15) is 4.98 Å². The Morgan fingerprint density at radius 2 is 1.86 bits per heavy atom. The number of fused-ring (bicyclic) bond motifs is 1. The normalized spacial score (nSPS) is 18.1. The van der Waals surface area contributed by atoms with Crippen LogP contribution in [0.2, 0.25) is 0 Å². The Morgan fingerprint density at radius 3 is 2.54 bits per heavy atom. The van der Waals surface area contributed by atoms with Crippen molar-refractivity contribution in [2.45, 2.75) is 43.6 Å². The van der Waals surface area contributed by atoms with E-state index >= 15 is 0 Å². The highest BCUT2D eigenvalue weighted by atomic mass is 32.2. The molecule has 0 bridgehead atoms. The first-order chi connectivity index (χ1) is 17.7. The standard InChI is InChI=1S/C27H28N4O5S/c1-27(2)12-18-22(19(32)13-27)23(17-9-10-20(35-3)21(11-17)36-4)31-25(28-18)29-26(30-31)37-14-15-5-7-16(8-6-15)24(33)34/h5-11,23H,12-14H2,1-4H3,(H,33,34)(H,28,29,30)/t23-/m1/s1. The predicted octanol–water partition coefficient (Wildman–Crippen LogP) is 4.94. The van der Waals surface area contributed by atoms with E-state index in [1.807, 2.05) is 18.2 Å². The van der Waals surface area contributed by atoms with Crippen molar-refractivity contribution in [3.05, 3.63) is 70.4 Å². The number of Topliss-reactive ketones (excluding diaryl/α,β-unsaturated/α-hetero) is 1. The Bertz CT molecular complexity index is 1410. The number of carboxylic acid groups (broad SMARTS) is 1. The second-order valence-electron chi connectivity index (χ2n) is 9.93. The van der Waals surface area contributed by atoms with Gasteiger partial charge in [-0.1, -0.05) is 43.8 Å². The van der Waals surface area contributed by atoms with Crippen molar-refractivity contribution in [2.24, 2.45) is 5.41 Å². The largest absolute Gasteiger partial charge is 0.493 e. The van der Waals surface area contributed by atoms with Gasteiger partial charge in [0.2, 0.25) is 11.1 Å². The number of aromatic nitrogens is 3. The second kappa shape index (κ2) is 9.59. The summed E-state index contributed by atoms with van der Waals surface area (Å²) in [6, 6.07) is 11.9. The number of methoxy groups -OCH3 is 2. The van der Waals surface area contributed by atoms with Crippen LogP contribution in [-0.2, 0) is 10.5 Å². The molecule has 192 valence electrons. The van der Waals surface area contributed by atoms with Gasteiger partial charge in [0.05, 0.1) is 19.8 Å². The third-order valence-electron chi connectivity index (χ3n) is 6.60. The maximum Gasteiger partial charge on any atom is 0.335 e. The minimum absolute atomic E-state index is 0.0902. The second-order valence-corrected chi connectivity index (χ2v) is 10.9. The molecular weight excluding hydrogens is 492 g/mol. The number of hydrogen-bond acceptors (Lipinski definition) is 8. The summed E-state index contributed by atoms with van der Waals surface area (Å²) in [6.45, 7) is 4.19. The topological polar surface area (TPSA) is 116 Å². The molecule has 2 N–H and O–H groups in total. The molecule has 0 saturated heterocycles. The summed E-state index contributed by atoms with van der Waals surface area (Å²) in [4.78, 5) is 29.3. The highest BCUT2D eigenvalue weighted by Gasteiger charge is 2.42. The molecule has 37 heavy (non-hydrogen) atoms. The van der Waals surface area contributed by atoms with Gasteiger partial charge in [-0.25, -0.2) is 9.48 Å². The predicted molar refractivity (Wildman–Crippen MR) is 139 cm³/mol. The highest BCUT2D eigenvalue weighted by Crippen LogP contribution is 2.46. The average molecular weight is 521 g/mol. The van der Waals surface area contributed by atoms with Gasteiger partial charge in [0.25, 0.3) is 0 Å². The molecule has 5 rings (SSSR count). The molecule has 10 heteroatoms. The number of rotatable bonds is 7. The molecule has 0 radical (unpaired) electrons. The fourth-order valence-corrected chi connectivity index (χ4v) is 5.66. The minimum Gasteiger partial charge on any atom is -0.493 e. The Labute approximate surface area is 218 Å². The number of hydrogen-bond donors (Lipinski definition) is 2. The van der Waals surface area contributed by atoms with Crippen LogP contribution in [0.25, 0.3) is 0 Å². The molecule has 0 amide bonds. The van der Waals surface area contributed by atoms with Crippen LogP contribution in [0.5, 0.6) is 11.5 Å².